The molecule has 6 heteroatoms. The molecule has 1 saturated heterocycles. The quantitative estimate of drug-likeness (QED) is 0.883. The molecule has 1 heterocycles. The van der Waals surface area contributed by atoms with Crippen LogP contribution in [0.5, 0.6) is 0 Å². The highest BCUT2D eigenvalue weighted by atomic mass is 19.1. The topological polar surface area (TPSA) is 52.7 Å². The van der Waals surface area contributed by atoms with Crippen molar-refractivity contribution in [3.8, 4) is 0 Å². The summed E-state index contributed by atoms with van der Waals surface area (Å²) in [6.07, 6.45) is 6.43. The molecular weight excluding hydrogens is 345 g/mol. The number of nitrogens with one attached hydrogen (secondary N) is 1. The van der Waals surface area contributed by atoms with Crippen molar-refractivity contribution in [1.82, 2.24) is 10.2 Å². The van der Waals surface area contributed by atoms with Crippen molar-refractivity contribution in [3.05, 3.63) is 30.1 Å². The van der Waals surface area contributed by atoms with E-state index < -0.39 is 0 Å². The van der Waals surface area contributed by atoms with E-state index in [4.69, 9.17) is 0 Å². The van der Waals surface area contributed by atoms with Gasteiger partial charge in [-0.3, -0.25) is 9.59 Å². The number of anilines is 1. The van der Waals surface area contributed by atoms with E-state index in [-0.39, 0.29) is 29.5 Å². The highest BCUT2D eigenvalue weighted by Gasteiger charge is 2.50. The van der Waals surface area contributed by atoms with Gasteiger partial charge in [-0.05, 0) is 31.4 Å². The van der Waals surface area contributed by atoms with Gasteiger partial charge in [-0.1, -0.05) is 31.4 Å². The van der Waals surface area contributed by atoms with Crippen LogP contribution in [0.3, 0.4) is 0 Å². The SMILES string of the molecule is O=C(NC1CCCCC1)C1CC1C(=O)N1CCN(c2ccccc2F)CC1. The average molecular weight is 373 g/mol. The van der Waals surface area contributed by atoms with Crippen LogP contribution >= 0.6 is 0 Å². The Morgan fingerprint density at radius 2 is 1.67 bits per heavy atom. The lowest BCUT2D eigenvalue weighted by molar-refractivity contribution is -0.135. The second-order valence-corrected chi connectivity index (χ2v) is 8.06. The maximum Gasteiger partial charge on any atom is 0.226 e. The van der Waals surface area contributed by atoms with Crippen LogP contribution in [0, 0.1) is 17.7 Å². The third-order valence-corrected chi connectivity index (χ3v) is 6.18. The number of amides is 2. The third kappa shape index (κ3) is 4.09. The first-order valence-electron chi connectivity index (χ1n) is 10.2. The Balaban J connectivity index is 1.25. The Bertz CT molecular complexity index is 696. The summed E-state index contributed by atoms with van der Waals surface area (Å²) < 4.78 is 13.9. The summed E-state index contributed by atoms with van der Waals surface area (Å²) in [6.45, 7) is 2.41. The van der Waals surface area contributed by atoms with Crippen molar-refractivity contribution in [2.75, 3.05) is 31.1 Å². The Hall–Kier alpha value is -2.11. The number of carbonyl (C=O) groups is 2. The van der Waals surface area contributed by atoms with E-state index in [0.29, 0.717) is 44.3 Å². The second-order valence-electron chi connectivity index (χ2n) is 8.06. The predicted octanol–water partition coefficient (Wildman–Crippen LogP) is 2.56. The fourth-order valence-electron chi connectivity index (χ4n) is 4.42. The van der Waals surface area contributed by atoms with Gasteiger partial charge in [0.2, 0.25) is 11.8 Å². The molecule has 0 spiro atoms. The van der Waals surface area contributed by atoms with Crippen LogP contribution in [0.1, 0.15) is 38.5 Å². The summed E-state index contributed by atoms with van der Waals surface area (Å²) in [5.41, 5.74) is 0.598. The van der Waals surface area contributed by atoms with Gasteiger partial charge in [0.15, 0.2) is 0 Å². The number of carbonyl (C=O) groups excluding carboxylic acids is 2. The van der Waals surface area contributed by atoms with Crippen LogP contribution < -0.4 is 10.2 Å². The summed E-state index contributed by atoms with van der Waals surface area (Å²) in [5, 5.41) is 3.14. The van der Waals surface area contributed by atoms with Crippen molar-refractivity contribution in [2.24, 2.45) is 11.8 Å². The Morgan fingerprint density at radius 1 is 0.963 bits per heavy atom. The summed E-state index contributed by atoms with van der Waals surface area (Å²) >= 11 is 0. The Morgan fingerprint density at radius 3 is 2.37 bits per heavy atom. The first-order valence-corrected chi connectivity index (χ1v) is 10.2. The zero-order valence-electron chi connectivity index (χ0n) is 15.7. The summed E-state index contributed by atoms with van der Waals surface area (Å²) in [6, 6.07) is 7.05. The van der Waals surface area contributed by atoms with Gasteiger partial charge in [-0.15, -0.1) is 0 Å². The highest BCUT2D eigenvalue weighted by molar-refractivity contribution is 5.92. The van der Waals surface area contributed by atoms with Crippen LogP contribution in [-0.4, -0.2) is 48.9 Å². The molecular formula is C21H28FN3O2. The van der Waals surface area contributed by atoms with E-state index in [1.165, 1.54) is 25.3 Å². The van der Waals surface area contributed by atoms with Gasteiger partial charge in [0.1, 0.15) is 5.82 Å². The molecule has 1 aromatic carbocycles. The normalized spacial score (nSPS) is 26.0. The molecule has 146 valence electrons. The number of rotatable bonds is 4. The van der Waals surface area contributed by atoms with Gasteiger partial charge in [0.25, 0.3) is 0 Å². The maximum atomic E-state index is 13.9. The van der Waals surface area contributed by atoms with Gasteiger partial charge < -0.3 is 15.1 Å². The molecule has 0 radical (unpaired) electrons. The molecule has 4 rings (SSSR count). The summed E-state index contributed by atoms with van der Waals surface area (Å²) in [4.78, 5) is 29.0. The molecule has 1 aromatic rings. The lowest BCUT2D eigenvalue weighted by Crippen LogP contribution is -2.50. The van der Waals surface area contributed by atoms with Crippen LogP contribution in [0.4, 0.5) is 10.1 Å². The molecule has 0 aromatic heterocycles. The largest absolute Gasteiger partial charge is 0.366 e. The minimum atomic E-state index is -0.223. The van der Waals surface area contributed by atoms with E-state index in [0.717, 1.165) is 12.8 Å². The highest BCUT2D eigenvalue weighted by Crippen LogP contribution is 2.40. The number of piperazine rings is 1. The fraction of sp³-hybridized carbons (Fsp3) is 0.619. The molecule has 5 nitrogen and oxygen atoms in total. The molecule has 3 fully saturated rings. The number of hydrogen-bond acceptors (Lipinski definition) is 3. The predicted molar refractivity (Wildman–Crippen MR) is 102 cm³/mol. The van der Waals surface area contributed by atoms with E-state index in [1.54, 1.807) is 12.1 Å². The molecule has 2 amide bonds. The van der Waals surface area contributed by atoms with E-state index >= 15 is 0 Å². The van der Waals surface area contributed by atoms with Crippen molar-refractivity contribution in [1.29, 1.82) is 0 Å². The van der Waals surface area contributed by atoms with Crippen molar-refractivity contribution in [3.63, 3.8) is 0 Å². The summed E-state index contributed by atoms with van der Waals surface area (Å²) in [7, 11) is 0. The Kier molecular flexibility index (Phi) is 5.32. The monoisotopic (exact) mass is 373 g/mol. The molecule has 27 heavy (non-hydrogen) atoms. The minimum absolute atomic E-state index is 0.0604. The maximum absolute atomic E-state index is 13.9. The van der Waals surface area contributed by atoms with Gasteiger partial charge >= 0.3 is 0 Å². The first kappa shape index (κ1) is 18.3. The molecule has 3 aliphatic rings. The van der Waals surface area contributed by atoms with Crippen LogP contribution in [0.2, 0.25) is 0 Å². The van der Waals surface area contributed by atoms with Gasteiger partial charge in [-0.2, -0.15) is 0 Å². The molecule has 2 aliphatic carbocycles. The molecule has 2 unspecified atom stereocenters. The van der Waals surface area contributed by atoms with Crippen molar-refractivity contribution < 1.29 is 14.0 Å². The Labute approximate surface area is 159 Å². The summed E-state index contributed by atoms with van der Waals surface area (Å²) in [5.74, 6) is -0.381. The second kappa shape index (κ2) is 7.87. The van der Waals surface area contributed by atoms with E-state index in [1.807, 2.05) is 15.9 Å². The van der Waals surface area contributed by atoms with Crippen LogP contribution in [0.15, 0.2) is 24.3 Å². The molecule has 0 bridgehead atoms. The standard InChI is InChI=1S/C21H28FN3O2/c22-18-8-4-5-9-19(18)24-10-12-25(13-11-24)21(27)17-14-16(17)20(26)23-15-6-2-1-3-7-15/h4-5,8-9,15-17H,1-3,6-7,10-14H2,(H,23,26). The number of benzene rings is 1. The third-order valence-electron chi connectivity index (χ3n) is 6.18. The van der Waals surface area contributed by atoms with Crippen molar-refractivity contribution in [2.45, 2.75) is 44.6 Å². The molecule has 2 saturated carbocycles. The average Bonchev–Trinajstić information content (AvgIpc) is 3.50. The van der Waals surface area contributed by atoms with E-state index in [9.17, 15) is 14.0 Å². The number of nitrogens with zero attached hydrogens (tertiary/aromatic N) is 2. The number of halogens is 1. The zero-order chi connectivity index (χ0) is 18.8. The van der Waals surface area contributed by atoms with Gasteiger partial charge in [0, 0.05) is 32.2 Å². The zero-order valence-corrected chi connectivity index (χ0v) is 15.7. The lowest BCUT2D eigenvalue weighted by Gasteiger charge is -2.36. The number of para-hydroxylation sites is 1. The fourth-order valence-corrected chi connectivity index (χ4v) is 4.42. The molecule has 1 aliphatic heterocycles. The van der Waals surface area contributed by atoms with Crippen molar-refractivity contribution >= 4 is 17.5 Å². The molecule has 2 atom stereocenters. The minimum Gasteiger partial charge on any atom is -0.366 e. The van der Waals surface area contributed by atoms with Crippen LogP contribution in [0.25, 0.3) is 0 Å². The van der Waals surface area contributed by atoms with Gasteiger partial charge in [-0.25, -0.2) is 4.39 Å². The first-order chi connectivity index (χ1) is 13.1. The number of hydrogen-bond donors (Lipinski definition) is 1. The lowest BCUT2D eigenvalue weighted by atomic mass is 9.95. The van der Waals surface area contributed by atoms with Gasteiger partial charge in [0.05, 0.1) is 17.5 Å². The van der Waals surface area contributed by atoms with E-state index in [2.05, 4.69) is 5.32 Å². The molecule has 1 N–H and O–H groups in total. The smallest absolute Gasteiger partial charge is 0.226 e. The van der Waals surface area contributed by atoms with Crippen LogP contribution in [-0.2, 0) is 9.59 Å².